The van der Waals surface area contributed by atoms with E-state index in [1.54, 1.807) is 0 Å². The zero-order valence-corrected chi connectivity index (χ0v) is 12.8. The number of hydrogen-bond acceptors (Lipinski definition) is 3. The zero-order valence-electron chi connectivity index (χ0n) is 12.8. The molecule has 5 nitrogen and oxygen atoms in total. The first-order valence-corrected chi connectivity index (χ1v) is 6.99. The van der Waals surface area contributed by atoms with E-state index in [0.717, 1.165) is 32.2 Å². The molecule has 0 aromatic heterocycles. The monoisotopic (exact) mass is 269 g/mol. The third-order valence-corrected chi connectivity index (χ3v) is 4.11. The third-order valence-electron chi connectivity index (χ3n) is 4.11. The molecular formula is C14H27N3O2. The van der Waals surface area contributed by atoms with Gasteiger partial charge in [-0.25, -0.2) is 0 Å². The van der Waals surface area contributed by atoms with Crippen LogP contribution in [0.15, 0.2) is 0 Å². The quantitative estimate of drug-likeness (QED) is 0.753. The van der Waals surface area contributed by atoms with E-state index in [1.165, 1.54) is 0 Å². The Kier molecular flexibility index (Phi) is 5.35. The van der Waals surface area contributed by atoms with Crippen molar-refractivity contribution in [1.29, 1.82) is 0 Å². The molecule has 0 radical (unpaired) electrons. The normalized spacial score (nSPS) is 22.2. The molecule has 0 aromatic carbocycles. The van der Waals surface area contributed by atoms with Crippen LogP contribution in [0, 0.1) is 0 Å². The summed E-state index contributed by atoms with van der Waals surface area (Å²) in [5.41, 5.74) is -0.400. The number of piperidine rings is 1. The van der Waals surface area contributed by atoms with Crippen LogP contribution < -0.4 is 5.32 Å². The third kappa shape index (κ3) is 3.93. The first kappa shape index (κ1) is 16.0. The van der Waals surface area contributed by atoms with E-state index in [2.05, 4.69) is 5.32 Å². The standard InChI is InChI=1S/C14H27N3O2/c1-11(16(4)5)13(19)15-14(2,3)12-8-6-7-9-17(12)10-18/h10-12H,6-9H2,1-5H3,(H,15,19). The zero-order chi connectivity index (χ0) is 14.6. The molecular weight excluding hydrogens is 242 g/mol. The first-order chi connectivity index (χ1) is 8.79. The highest BCUT2D eigenvalue weighted by atomic mass is 16.2. The van der Waals surface area contributed by atoms with Crippen LogP contribution in [0.3, 0.4) is 0 Å². The molecule has 1 aliphatic rings. The number of likely N-dealkylation sites (tertiary alicyclic amines) is 1. The number of nitrogens with zero attached hydrogens (tertiary/aromatic N) is 2. The Hall–Kier alpha value is -1.10. The fourth-order valence-electron chi connectivity index (χ4n) is 2.60. The van der Waals surface area contributed by atoms with Crippen molar-refractivity contribution in [2.75, 3.05) is 20.6 Å². The van der Waals surface area contributed by atoms with Crippen LogP contribution in [0.1, 0.15) is 40.0 Å². The lowest BCUT2D eigenvalue weighted by molar-refractivity contribution is -0.130. The molecule has 19 heavy (non-hydrogen) atoms. The highest BCUT2D eigenvalue weighted by Gasteiger charge is 2.37. The molecule has 2 unspecified atom stereocenters. The molecule has 1 fully saturated rings. The smallest absolute Gasteiger partial charge is 0.237 e. The van der Waals surface area contributed by atoms with E-state index in [-0.39, 0.29) is 18.0 Å². The Morgan fingerprint density at radius 3 is 2.58 bits per heavy atom. The van der Waals surface area contributed by atoms with Gasteiger partial charge in [0.2, 0.25) is 12.3 Å². The minimum Gasteiger partial charge on any atom is -0.348 e. The molecule has 1 aliphatic heterocycles. The number of rotatable bonds is 5. The van der Waals surface area contributed by atoms with Gasteiger partial charge in [0.15, 0.2) is 0 Å². The predicted molar refractivity (Wildman–Crippen MR) is 75.8 cm³/mol. The van der Waals surface area contributed by atoms with E-state index in [0.29, 0.717) is 0 Å². The van der Waals surface area contributed by atoms with Gasteiger partial charge in [0.05, 0.1) is 17.6 Å². The van der Waals surface area contributed by atoms with E-state index in [1.807, 2.05) is 44.7 Å². The van der Waals surface area contributed by atoms with Crippen LogP contribution in [-0.4, -0.2) is 60.4 Å². The Balaban J connectivity index is 2.73. The second-order valence-corrected chi connectivity index (χ2v) is 6.21. The maximum absolute atomic E-state index is 12.2. The van der Waals surface area contributed by atoms with Crippen molar-refractivity contribution >= 4 is 12.3 Å². The van der Waals surface area contributed by atoms with Gasteiger partial charge in [0.1, 0.15) is 0 Å². The lowest BCUT2D eigenvalue weighted by atomic mass is 9.86. The molecule has 0 saturated carbocycles. The second kappa shape index (κ2) is 6.37. The van der Waals surface area contributed by atoms with Crippen LogP contribution in [0.2, 0.25) is 0 Å². The SMILES string of the molecule is CC(C(=O)NC(C)(C)C1CCCCN1C=O)N(C)C. The molecule has 110 valence electrons. The minimum absolute atomic E-state index is 0.00595. The van der Waals surface area contributed by atoms with E-state index < -0.39 is 5.54 Å². The summed E-state index contributed by atoms with van der Waals surface area (Å²) in [7, 11) is 3.77. The largest absolute Gasteiger partial charge is 0.348 e. The van der Waals surface area contributed by atoms with Crippen molar-refractivity contribution in [2.45, 2.75) is 57.7 Å². The van der Waals surface area contributed by atoms with Crippen molar-refractivity contribution in [3.63, 3.8) is 0 Å². The van der Waals surface area contributed by atoms with Crippen molar-refractivity contribution in [1.82, 2.24) is 15.1 Å². The van der Waals surface area contributed by atoms with Gasteiger partial charge in [-0.3, -0.25) is 14.5 Å². The van der Waals surface area contributed by atoms with Gasteiger partial charge >= 0.3 is 0 Å². The van der Waals surface area contributed by atoms with Crippen LogP contribution in [0.25, 0.3) is 0 Å². The molecule has 0 aromatic rings. The second-order valence-electron chi connectivity index (χ2n) is 6.21. The van der Waals surface area contributed by atoms with Crippen LogP contribution in [-0.2, 0) is 9.59 Å². The number of likely N-dealkylation sites (N-methyl/N-ethyl adjacent to an activating group) is 1. The van der Waals surface area contributed by atoms with Gasteiger partial charge in [-0.15, -0.1) is 0 Å². The van der Waals surface area contributed by atoms with Gasteiger partial charge < -0.3 is 10.2 Å². The molecule has 1 rings (SSSR count). The van der Waals surface area contributed by atoms with Gasteiger partial charge in [0, 0.05) is 6.54 Å². The Morgan fingerprint density at radius 1 is 1.42 bits per heavy atom. The molecule has 0 bridgehead atoms. The van der Waals surface area contributed by atoms with Crippen molar-refractivity contribution in [3.05, 3.63) is 0 Å². The fraction of sp³-hybridized carbons (Fsp3) is 0.857. The number of amides is 2. The van der Waals surface area contributed by atoms with Gasteiger partial charge in [-0.05, 0) is 54.1 Å². The van der Waals surface area contributed by atoms with Gasteiger partial charge in [-0.2, -0.15) is 0 Å². The van der Waals surface area contributed by atoms with E-state index >= 15 is 0 Å². The van der Waals surface area contributed by atoms with Crippen molar-refractivity contribution < 1.29 is 9.59 Å². The fourth-order valence-corrected chi connectivity index (χ4v) is 2.60. The Labute approximate surface area is 116 Å². The number of hydrogen-bond donors (Lipinski definition) is 1. The predicted octanol–water partition coefficient (Wildman–Crippen LogP) is 0.842. The summed E-state index contributed by atoms with van der Waals surface area (Å²) in [5.74, 6) is 0.00595. The van der Waals surface area contributed by atoms with E-state index in [4.69, 9.17) is 0 Å². The maximum atomic E-state index is 12.2. The lowest BCUT2D eigenvalue weighted by Crippen LogP contribution is -2.61. The Morgan fingerprint density at radius 2 is 2.05 bits per heavy atom. The summed E-state index contributed by atoms with van der Waals surface area (Å²) in [6, 6.07) is -0.0930. The summed E-state index contributed by atoms with van der Waals surface area (Å²) in [6.07, 6.45) is 4.01. The summed E-state index contributed by atoms with van der Waals surface area (Å²) >= 11 is 0. The highest BCUT2D eigenvalue weighted by molar-refractivity contribution is 5.82. The molecule has 2 amide bonds. The molecule has 0 spiro atoms. The number of nitrogens with one attached hydrogen (secondary N) is 1. The van der Waals surface area contributed by atoms with Crippen LogP contribution in [0.4, 0.5) is 0 Å². The average Bonchev–Trinajstić information content (AvgIpc) is 2.37. The van der Waals surface area contributed by atoms with Crippen LogP contribution >= 0.6 is 0 Å². The van der Waals surface area contributed by atoms with E-state index in [9.17, 15) is 9.59 Å². The summed E-state index contributed by atoms with van der Waals surface area (Å²) in [5, 5.41) is 3.09. The minimum atomic E-state index is -0.400. The lowest BCUT2D eigenvalue weighted by Gasteiger charge is -2.44. The molecule has 1 saturated heterocycles. The highest BCUT2D eigenvalue weighted by Crippen LogP contribution is 2.25. The first-order valence-electron chi connectivity index (χ1n) is 6.99. The molecule has 1 N–H and O–H groups in total. The average molecular weight is 269 g/mol. The molecule has 1 heterocycles. The molecule has 2 atom stereocenters. The van der Waals surface area contributed by atoms with Crippen molar-refractivity contribution in [2.24, 2.45) is 0 Å². The topological polar surface area (TPSA) is 52.7 Å². The van der Waals surface area contributed by atoms with Crippen molar-refractivity contribution in [3.8, 4) is 0 Å². The maximum Gasteiger partial charge on any atom is 0.237 e. The summed E-state index contributed by atoms with van der Waals surface area (Å²) in [4.78, 5) is 27.0. The summed E-state index contributed by atoms with van der Waals surface area (Å²) in [6.45, 7) is 6.67. The summed E-state index contributed by atoms with van der Waals surface area (Å²) < 4.78 is 0. The number of carbonyl (C=O) groups is 2. The van der Waals surface area contributed by atoms with Gasteiger partial charge in [-0.1, -0.05) is 0 Å². The van der Waals surface area contributed by atoms with Crippen LogP contribution in [0.5, 0.6) is 0 Å². The molecule has 0 aliphatic carbocycles. The molecule has 5 heteroatoms. The van der Waals surface area contributed by atoms with Gasteiger partial charge in [0.25, 0.3) is 0 Å². The Bertz CT molecular complexity index is 329. The number of carbonyl (C=O) groups excluding carboxylic acids is 2.